The number of aliphatic hydroxyl groups is 1. The highest BCUT2D eigenvalue weighted by Crippen LogP contribution is 2.29. The number of anilines is 1. The lowest BCUT2D eigenvalue weighted by atomic mass is 10.1. The number of hydrogen-bond acceptors (Lipinski definition) is 6. The molecule has 0 bridgehead atoms. The van der Waals surface area contributed by atoms with Gasteiger partial charge in [0.2, 0.25) is 0 Å². The van der Waals surface area contributed by atoms with E-state index in [-0.39, 0.29) is 11.6 Å². The van der Waals surface area contributed by atoms with Crippen LogP contribution in [0, 0.1) is 0 Å². The second-order valence-electron chi connectivity index (χ2n) is 6.40. The highest BCUT2D eigenvalue weighted by molar-refractivity contribution is 7.22. The van der Waals surface area contributed by atoms with Crippen molar-refractivity contribution in [3.8, 4) is 11.3 Å². The summed E-state index contributed by atoms with van der Waals surface area (Å²) in [4.78, 5) is 25.5. The molecule has 0 fully saturated rings. The van der Waals surface area contributed by atoms with Gasteiger partial charge in [-0.2, -0.15) is 0 Å². The van der Waals surface area contributed by atoms with E-state index < -0.39 is 6.10 Å². The molecule has 1 amide bonds. The number of benzene rings is 1. The molecule has 0 aliphatic carbocycles. The van der Waals surface area contributed by atoms with E-state index in [0.29, 0.717) is 33.4 Å². The van der Waals surface area contributed by atoms with Crippen LogP contribution in [-0.2, 0) is 0 Å². The van der Waals surface area contributed by atoms with E-state index in [9.17, 15) is 9.90 Å². The molecule has 0 spiro atoms. The molecular weight excluding hydrogens is 408 g/mol. The van der Waals surface area contributed by atoms with Crippen molar-refractivity contribution in [2.75, 3.05) is 5.32 Å². The second kappa shape index (κ2) is 8.24. The minimum Gasteiger partial charge on any atom is -0.388 e. The molecule has 8 heteroatoms. The zero-order chi connectivity index (χ0) is 20.4. The van der Waals surface area contributed by atoms with Gasteiger partial charge in [0.05, 0.1) is 27.0 Å². The summed E-state index contributed by atoms with van der Waals surface area (Å²) in [5, 5.41) is 13.6. The number of carbonyl (C=O) groups is 1. The minimum absolute atomic E-state index is 0.266. The van der Waals surface area contributed by atoms with Gasteiger partial charge in [0.1, 0.15) is 5.69 Å². The summed E-state index contributed by atoms with van der Waals surface area (Å²) in [6, 6.07) is 12.7. The number of nitrogens with one attached hydrogen (secondary N) is 1. The number of aromatic nitrogens is 3. The minimum atomic E-state index is -0.597. The number of fused-ring (bicyclic) bond motifs is 1. The molecule has 2 N–H and O–H groups in total. The van der Waals surface area contributed by atoms with Crippen molar-refractivity contribution in [1.82, 2.24) is 15.0 Å². The molecule has 6 nitrogen and oxygen atoms in total. The van der Waals surface area contributed by atoms with E-state index >= 15 is 0 Å². The molecule has 0 saturated heterocycles. The quantitative estimate of drug-likeness (QED) is 0.465. The van der Waals surface area contributed by atoms with Crippen molar-refractivity contribution in [2.24, 2.45) is 0 Å². The number of pyridine rings is 2. The number of thiazole rings is 1. The fourth-order valence-corrected chi connectivity index (χ4v) is 3.98. The van der Waals surface area contributed by atoms with E-state index in [4.69, 9.17) is 11.6 Å². The van der Waals surface area contributed by atoms with Crippen LogP contribution < -0.4 is 5.32 Å². The Morgan fingerprint density at radius 1 is 1.21 bits per heavy atom. The Bertz CT molecular complexity index is 1140. The van der Waals surface area contributed by atoms with Crippen LogP contribution in [0.15, 0.2) is 54.9 Å². The van der Waals surface area contributed by atoms with Gasteiger partial charge in [-0.25, -0.2) is 4.98 Å². The topological polar surface area (TPSA) is 88.0 Å². The SMILES string of the molecule is CC[C@@H](O)c1cnc(-c2ccc(C(=O)Nc3nc4ccccc4s3)nc2)c(Cl)c1. The lowest BCUT2D eigenvalue weighted by Crippen LogP contribution is -2.13. The Kier molecular flexibility index (Phi) is 5.53. The molecule has 4 rings (SSSR count). The fraction of sp³-hybridized carbons (Fsp3) is 0.143. The van der Waals surface area contributed by atoms with Gasteiger partial charge in [-0.15, -0.1) is 0 Å². The van der Waals surface area contributed by atoms with Crippen molar-refractivity contribution >= 4 is 44.2 Å². The van der Waals surface area contributed by atoms with E-state index in [1.165, 1.54) is 11.3 Å². The number of para-hydroxylation sites is 1. The molecule has 0 aliphatic heterocycles. The summed E-state index contributed by atoms with van der Waals surface area (Å²) < 4.78 is 1.00. The lowest BCUT2D eigenvalue weighted by molar-refractivity contribution is 0.102. The van der Waals surface area contributed by atoms with E-state index in [2.05, 4.69) is 20.3 Å². The Morgan fingerprint density at radius 3 is 2.72 bits per heavy atom. The van der Waals surface area contributed by atoms with Crippen LogP contribution in [0.4, 0.5) is 5.13 Å². The predicted molar refractivity (Wildman–Crippen MR) is 115 cm³/mol. The summed E-state index contributed by atoms with van der Waals surface area (Å²) in [6.45, 7) is 1.88. The van der Waals surface area contributed by atoms with Crippen molar-refractivity contribution in [3.05, 3.63) is 71.1 Å². The first-order valence-electron chi connectivity index (χ1n) is 9.02. The monoisotopic (exact) mass is 424 g/mol. The van der Waals surface area contributed by atoms with Gasteiger partial charge < -0.3 is 5.11 Å². The first-order chi connectivity index (χ1) is 14.0. The van der Waals surface area contributed by atoms with Crippen LogP contribution >= 0.6 is 22.9 Å². The van der Waals surface area contributed by atoms with Crippen LogP contribution in [0.1, 0.15) is 35.5 Å². The summed E-state index contributed by atoms with van der Waals surface area (Å²) in [5.74, 6) is -0.337. The van der Waals surface area contributed by atoms with E-state index in [1.54, 1.807) is 30.6 Å². The van der Waals surface area contributed by atoms with Gasteiger partial charge in [0, 0.05) is 23.5 Å². The molecule has 0 aliphatic rings. The van der Waals surface area contributed by atoms with E-state index in [1.807, 2.05) is 31.2 Å². The Morgan fingerprint density at radius 2 is 2.03 bits per heavy atom. The van der Waals surface area contributed by atoms with Crippen LogP contribution in [-0.4, -0.2) is 26.0 Å². The Balaban J connectivity index is 1.52. The lowest BCUT2D eigenvalue weighted by Gasteiger charge is -2.10. The molecule has 4 aromatic rings. The molecule has 1 aromatic carbocycles. The average Bonchev–Trinajstić information content (AvgIpc) is 3.15. The standard InChI is InChI=1S/C21H17ClN4O2S/c1-2-17(27)13-9-14(22)19(24-11-13)12-7-8-16(23-10-12)20(28)26-21-25-15-5-3-4-6-18(15)29-21/h3-11,17,27H,2H2,1H3,(H,25,26,28)/t17-/m1/s1. The molecule has 3 heterocycles. The maximum atomic E-state index is 12.5. The van der Waals surface area contributed by atoms with Gasteiger partial charge in [-0.1, -0.05) is 42.0 Å². The Labute approximate surface area is 176 Å². The highest BCUT2D eigenvalue weighted by Gasteiger charge is 2.14. The second-order valence-corrected chi connectivity index (χ2v) is 7.83. The van der Waals surface area contributed by atoms with Gasteiger partial charge in [-0.3, -0.25) is 20.1 Å². The van der Waals surface area contributed by atoms with Crippen LogP contribution in [0.25, 0.3) is 21.5 Å². The number of hydrogen-bond donors (Lipinski definition) is 2. The smallest absolute Gasteiger partial charge is 0.276 e. The summed E-state index contributed by atoms with van der Waals surface area (Å²) in [5.41, 5.74) is 3.00. The van der Waals surface area contributed by atoms with Gasteiger partial charge in [-0.05, 0) is 36.8 Å². The molecule has 0 unspecified atom stereocenters. The molecular formula is C21H17ClN4O2S. The molecule has 146 valence electrons. The van der Waals surface area contributed by atoms with Gasteiger partial charge in [0.25, 0.3) is 5.91 Å². The first-order valence-corrected chi connectivity index (χ1v) is 10.2. The molecule has 0 saturated carbocycles. The number of halogens is 1. The first kappa shape index (κ1) is 19.4. The average molecular weight is 425 g/mol. The third-order valence-corrected chi connectivity index (χ3v) is 5.66. The Hall–Kier alpha value is -2.87. The van der Waals surface area contributed by atoms with Crippen LogP contribution in [0.5, 0.6) is 0 Å². The number of amides is 1. The number of rotatable bonds is 5. The van der Waals surface area contributed by atoms with Crippen molar-refractivity contribution in [1.29, 1.82) is 0 Å². The van der Waals surface area contributed by atoms with Crippen LogP contribution in [0.3, 0.4) is 0 Å². The normalized spacial score (nSPS) is 12.1. The summed E-state index contributed by atoms with van der Waals surface area (Å²) in [6.07, 6.45) is 3.14. The predicted octanol–water partition coefficient (Wildman–Crippen LogP) is 5.10. The fourth-order valence-electron chi connectivity index (χ4n) is 2.84. The molecule has 29 heavy (non-hydrogen) atoms. The zero-order valence-corrected chi connectivity index (χ0v) is 17.0. The van der Waals surface area contributed by atoms with Crippen molar-refractivity contribution in [2.45, 2.75) is 19.4 Å². The molecule has 0 radical (unpaired) electrons. The molecule has 1 atom stereocenters. The number of nitrogens with zero attached hydrogens (tertiary/aromatic N) is 3. The van der Waals surface area contributed by atoms with Crippen LogP contribution in [0.2, 0.25) is 5.02 Å². The maximum Gasteiger partial charge on any atom is 0.276 e. The number of carbonyl (C=O) groups excluding carboxylic acids is 1. The zero-order valence-electron chi connectivity index (χ0n) is 15.5. The third kappa shape index (κ3) is 4.12. The largest absolute Gasteiger partial charge is 0.388 e. The highest BCUT2D eigenvalue weighted by atomic mass is 35.5. The van der Waals surface area contributed by atoms with Gasteiger partial charge in [0.15, 0.2) is 5.13 Å². The van der Waals surface area contributed by atoms with E-state index in [0.717, 1.165) is 10.2 Å². The summed E-state index contributed by atoms with van der Waals surface area (Å²) >= 11 is 7.73. The third-order valence-electron chi connectivity index (χ3n) is 4.42. The molecule has 3 aromatic heterocycles. The number of aliphatic hydroxyl groups excluding tert-OH is 1. The van der Waals surface area contributed by atoms with Gasteiger partial charge >= 0.3 is 0 Å². The maximum absolute atomic E-state index is 12.5. The summed E-state index contributed by atoms with van der Waals surface area (Å²) in [7, 11) is 0. The van der Waals surface area contributed by atoms with Crippen molar-refractivity contribution < 1.29 is 9.90 Å². The van der Waals surface area contributed by atoms with Crippen molar-refractivity contribution in [3.63, 3.8) is 0 Å².